The summed E-state index contributed by atoms with van der Waals surface area (Å²) in [4.78, 5) is 53.0. The number of hydrogen-bond acceptors (Lipinski definition) is 9. The Bertz CT molecular complexity index is 853. The first-order valence-corrected chi connectivity index (χ1v) is 11.9. The van der Waals surface area contributed by atoms with Crippen molar-refractivity contribution in [3.05, 3.63) is 41.2 Å². The Morgan fingerprint density at radius 2 is 1.33 bits per heavy atom. The quantitative estimate of drug-likeness (QED) is 0.217. The number of benzene rings is 1. The molecule has 0 amide bonds. The average Bonchev–Trinajstić information content (AvgIpc) is 2.64. The van der Waals surface area contributed by atoms with Gasteiger partial charge in [0.2, 0.25) is 0 Å². The first-order valence-electron chi connectivity index (χ1n) is 8.68. The van der Waals surface area contributed by atoms with Gasteiger partial charge in [0.1, 0.15) is 18.8 Å². The molecule has 12 nitrogen and oxygen atoms in total. The van der Waals surface area contributed by atoms with Crippen LogP contribution in [-0.4, -0.2) is 52.9 Å². The zero-order valence-electron chi connectivity index (χ0n) is 16.3. The maximum atomic E-state index is 12.9. The predicted molar refractivity (Wildman–Crippen MR) is 105 cm³/mol. The predicted octanol–water partition coefficient (Wildman–Crippen LogP) is 0.860. The minimum atomic E-state index is -5.25. The monoisotopic (exact) mass is 466 g/mol. The summed E-state index contributed by atoms with van der Waals surface area (Å²) in [5.74, 6) is -1.80. The number of carbonyl (C=O) groups is 2. The van der Waals surface area contributed by atoms with Gasteiger partial charge in [-0.1, -0.05) is 18.2 Å². The van der Waals surface area contributed by atoms with Gasteiger partial charge in [0.05, 0.1) is 13.2 Å². The second-order valence-electron chi connectivity index (χ2n) is 5.48. The van der Waals surface area contributed by atoms with Gasteiger partial charge >= 0.3 is 27.1 Å². The number of carbonyl (C=O) groups excluding carboxylic acids is 2. The summed E-state index contributed by atoms with van der Waals surface area (Å²) in [5.41, 5.74) is -2.08. The van der Waals surface area contributed by atoms with Crippen LogP contribution in [0.4, 0.5) is 0 Å². The van der Waals surface area contributed by atoms with E-state index in [0.717, 1.165) is 0 Å². The fourth-order valence-electron chi connectivity index (χ4n) is 2.05. The van der Waals surface area contributed by atoms with Gasteiger partial charge in [0.15, 0.2) is 10.9 Å². The molecule has 0 radical (unpaired) electrons. The minimum Gasteiger partial charge on any atom is -0.465 e. The minimum absolute atomic E-state index is 0.0129. The van der Waals surface area contributed by atoms with Crippen molar-refractivity contribution in [2.75, 3.05) is 26.3 Å². The molecule has 0 aromatic heterocycles. The molecule has 1 rings (SSSR count). The summed E-state index contributed by atoms with van der Waals surface area (Å²) in [7, 11) is -10.2. The fourth-order valence-corrected chi connectivity index (χ4v) is 4.58. The molecular weight excluding hydrogens is 442 g/mol. The van der Waals surface area contributed by atoms with E-state index in [2.05, 4.69) is 15.4 Å². The molecule has 0 bridgehead atoms. The van der Waals surface area contributed by atoms with Gasteiger partial charge in [0.25, 0.3) is 0 Å². The fraction of sp³-hybridized carbons (Fsp3) is 0.375. The van der Waals surface area contributed by atoms with E-state index in [1.807, 2.05) is 0 Å². The summed E-state index contributed by atoms with van der Waals surface area (Å²) in [6, 6.07) is 7.32. The number of esters is 2. The van der Waals surface area contributed by atoms with E-state index in [0.29, 0.717) is 0 Å². The lowest BCUT2D eigenvalue weighted by Crippen LogP contribution is -2.31. The molecule has 1 unspecified atom stereocenters. The van der Waals surface area contributed by atoms with Gasteiger partial charge in [-0.25, -0.2) is 4.57 Å². The Balaban J connectivity index is 3.36. The number of rotatable bonds is 12. The van der Waals surface area contributed by atoms with E-state index in [1.165, 1.54) is 38.1 Å². The van der Waals surface area contributed by atoms with Crippen molar-refractivity contribution in [1.29, 1.82) is 0 Å². The molecule has 0 heterocycles. The molecule has 168 valence electrons. The van der Waals surface area contributed by atoms with Crippen LogP contribution in [0.3, 0.4) is 0 Å². The first kappa shape index (κ1) is 25.7. The third-order valence-corrected chi connectivity index (χ3v) is 5.73. The molecule has 0 saturated heterocycles. The van der Waals surface area contributed by atoms with Crippen LogP contribution >= 0.6 is 15.2 Å². The van der Waals surface area contributed by atoms with E-state index >= 15 is 0 Å². The van der Waals surface area contributed by atoms with E-state index in [9.17, 15) is 33.4 Å². The van der Waals surface area contributed by atoms with Crippen molar-refractivity contribution in [3.8, 4) is 5.75 Å². The lowest BCUT2D eigenvalue weighted by atomic mass is 10.3. The standard InChI is InChI=1S/C16H24N2O10P2/c1-3-26-13(19)10-17-15(29(21,22)23)16(18-11-14(20)27-4-2)30(24,25)28-12-8-6-5-7-9-12/h5-9,17-18H,3-4,10-11H2,1-2H3,(H,24,25)(H2,21,22,23). The van der Waals surface area contributed by atoms with Crippen molar-refractivity contribution in [3.63, 3.8) is 0 Å². The lowest BCUT2D eigenvalue weighted by molar-refractivity contribution is -0.142. The number of nitrogens with one attached hydrogen (secondary N) is 2. The van der Waals surface area contributed by atoms with Crippen LogP contribution in [0.1, 0.15) is 13.8 Å². The molecule has 1 aromatic rings. The van der Waals surface area contributed by atoms with Crippen molar-refractivity contribution < 1.29 is 47.4 Å². The molecule has 1 aromatic carbocycles. The molecule has 30 heavy (non-hydrogen) atoms. The highest BCUT2D eigenvalue weighted by molar-refractivity contribution is 7.61. The van der Waals surface area contributed by atoms with Crippen LogP contribution in [0.2, 0.25) is 0 Å². The van der Waals surface area contributed by atoms with Gasteiger partial charge in [-0.2, -0.15) is 0 Å². The zero-order chi connectivity index (χ0) is 22.8. The Labute approximate surface area is 172 Å². The maximum absolute atomic E-state index is 12.9. The molecule has 1 atom stereocenters. The molecule has 0 spiro atoms. The number of hydrogen-bond donors (Lipinski definition) is 5. The molecule has 5 N–H and O–H groups in total. The van der Waals surface area contributed by atoms with E-state index in [-0.39, 0.29) is 19.0 Å². The van der Waals surface area contributed by atoms with Crippen LogP contribution in [-0.2, 0) is 28.2 Å². The Morgan fingerprint density at radius 1 is 0.867 bits per heavy atom. The summed E-state index contributed by atoms with van der Waals surface area (Å²) in [6.45, 7) is 1.68. The van der Waals surface area contributed by atoms with Gasteiger partial charge in [0, 0.05) is 0 Å². The SMILES string of the molecule is CCOC(=O)CNC(=C(NCC(=O)OCC)P(=O)(O)Oc1ccccc1)P(=O)(O)O. The number of para-hydroxylation sites is 1. The Morgan fingerprint density at radius 3 is 1.77 bits per heavy atom. The summed E-state index contributed by atoms with van der Waals surface area (Å²) < 4.78 is 39.2. The van der Waals surface area contributed by atoms with E-state index in [4.69, 9.17) is 9.26 Å². The van der Waals surface area contributed by atoms with E-state index in [1.54, 1.807) is 6.07 Å². The first-order chi connectivity index (χ1) is 14.0. The van der Waals surface area contributed by atoms with Gasteiger partial charge in [-0.3, -0.25) is 14.2 Å². The molecule has 0 aliphatic carbocycles. The van der Waals surface area contributed by atoms with Crippen LogP contribution in [0.15, 0.2) is 41.2 Å². The van der Waals surface area contributed by atoms with Crippen molar-refractivity contribution >= 4 is 27.1 Å². The highest BCUT2D eigenvalue weighted by Crippen LogP contribution is 2.56. The highest BCUT2D eigenvalue weighted by atomic mass is 31.2. The van der Waals surface area contributed by atoms with Crippen LogP contribution in [0.5, 0.6) is 5.75 Å². The molecule has 0 aliphatic heterocycles. The summed E-state index contributed by atoms with van der Waals surface area (Å²) in [5, 5.41) is 4.29. The average molecular weight is 466 g/mol. The van der Waals surface area contributed by atoms with Gasteiger partial charge in [-0.15, -0.1) is 0 Å². The lowest BCUT2D eigenvalue weighted by Gasteiger charge is -2.22. The van der Waals surface area contributed by atoms with Crippen LogP contribution in [0, 0.1) is 0 Å². The van der Waals surface area contributed by atoms with Gasteiger partial charge in [-0.05, 0) is 26.0 Å². The van der Waals surface area contributed by atoms with Crippen molar-refractivity contribution in [1.82, 2.24) is 10.6 Å². The summed E-state index contributed by atoms with van der Waals surface area (Å²) >= 11 is 0. The zero-order valence-corrected chi connectivity index (χ0v) is 18.1. The van der Waals surface area contributed by atoms with Crippen LogP contribution in [0.25, 0.3) is 0 Å². The molecule has 0 aliphatic rings. The van der Waals surface area contributed by atoms with E-state index < -0.39 is 51.1 Å². The largest absolute Gasteiger partial charge is 0.465 e. The molecule has 0 fully saturated rings. The normalized spacial score (nSPS) is 14.0. The van der Waals surface area contributed by atoms with Crippen LogP contribution < -0.4 is 15.2 Å². The summed E-state index contributed by atoms with van der Waals surface area (Å²) in [6.07, 6.45) is 0. The Hall–Kier alpha value is -2.36. The molecule has 14 heteroatoms. The maximum Gasteiger partial charge on any atom is 0.426 e. The second kappa shape index (κ2) is 11.7. The molecule has 0 saturated carbocycles. The Kier molecular flexibility index (Phi) is 10.0. The van der Waals surface area contributed by atoms with Crippen molar-refractivity contribution in [2.24, 2.45) is 0 Å². The van der Waals surface area contributed by atoms with Crippen molar-refractivity contribution in [2.45, 2.75) is 13.8 Å². The third-order valence-electron chi connectivity index (χ3n) is 3.18. The highest BCUT2D eigenvalue weighted by Gasteiger charge is 2.38. The smallest absolute Gasteiger partial charge is 0.426 e. The second-order valence-corrected chi connectivity index (χ2v) is 8.69. The number of ether oxygens (including phenoxy) is 2. The van der Waals surface area contributed by atoms with Gasteiger partial charge < -0.3 is 39.3 Å². The molecular formula is C16H24N2O10P2. The third kappa shape index (κ3) is 8.56. The topological polar surface area (TPSA) is 181 Å².